The molecule has 0 aromatic rings. The molecule has 0 N–H and O–H groups in total. The average Bonchev–Trinajstić information content (AvgIpc) is 2.82. The van der Waals surface area contributed by atoms with Crippen molar-refractivity contribution in [2.45, 2.75) is 48.9 Å². The van der Waals surface area contributed by atoms with Crippen molar-refractivity contribution in [1.29, 1.82) is 0 Å². The Morgan fingerprint density at radius 2 is 1.18 bits per heavy atom. The molecular formula is C10H10F8O3S. The molecule has 2 aliphatic rings. The normalized spacial score (nSPS) is 33.5. The standard InChI is InChI=1S/C10H10F8O3S/c11-8(12,9(13,14)15)7(5-1-2-6(7)4-3-5)21-22(19,20)10(16,17)18/h5-6H,1-4H2. The summed E-state index contributed by atoms with van der Waals surface area (Å²) in [6.45, 7) is 0. The van der Waals surface area contributed by atoms with E-state index < -0.39 is 45.2 Å². The molecule has 130 valence electrons. The van der Waals surface area contributed by atoms with E-state index in [0.717, 1.165) is 0 Å². The van der Waals surface area contributed by atoms with Gasteiger partial charge in [-0.2, -0.15) is 43.5 Å². The van der Waals surface area contributed by atoms with E-state index in [0.29, 0.717) is 0 Å². The Labute approximate surface area is 119 Å². The summed E-state index contributed by atoms with van der Waals surface area (Å²) in [5, 5.41) is 0. The maximum Gasteiger partial charge on any atom is 0.523 e. The molecule has 2 fully saturated rings. The average molecular weight is 362 g/mol. The molecule has 3 nitrogen and oxygen atoms in total. The van der Waals surface area contributed by atoms with E-state index in [1.54, 1.807) is 0 Å². The highest BCUT2D eigenvalue weighted by Crippen LogP contribution is 2.64. The molecule has 2 bridgehead atoms. The molecule has 0 heterocycles. The molecular weight excluding hydrogens is 352 g/mol. The molecule has 0 amide bonds. The maximum absolute atomic E-state index is 13.9. The Kier molecular flexibility index (Phi) is 3.77. The minimum absolute atomic E-state index is 0.246. The summed E-state index contributed by atoms with van der Waals surface area (Å²) >= 11 is 0. The highest BCUT2D eigenvalue weighted by molar-refractivity contribution is 7.87. The van der Waals surface area contributed by atoms with Crippen LogP contribution in [-0.4, -0.2) is 31.6 Å². The van der Waals surface area contributed by atoms with Crippen LogP contribution in [0.5, 0.6) is 0 Å². The minimum atomic E-state index is -6.59. The fraction of sp³-hybridized carbons (Fsp3) is 1.00. The lowest BCUT2D eigenvalue weighted by molar-refractivity contribution is -0.345. The van der Waals surface area contributed by atoms with E-state index in [2.05, 4.69) is 4.18 Å². The van der Waals surface area contributed by atoms with Crippen LogP contribution in [0.1, 0.15) is 25.7 Å². The Balaban J connectivity index is 2.56. The van der Waals surface area contributed by atoms with Crippen molar-refractivity contribution in [3.8, 4) is 0 Å². The fourth-order valence-electron chi connectivity index (χ4n) is 3.44. The van der Waals surface area contributed by atoms with Gasteiger partial charge in [-0.25, -0.2) is 4.18 Å². The van der Waals surface area contributed by atoms with Crippen molar-refractivity contribution in [3.05, 3.63) is 0 Å². The Morgan fingerprint density at radius 3 is 1.45 bits per heavy atom. The van der Waals surface area contributed by atoms with Crippen LogP contribution in [0.15, 0.2) is 0 Å². The molecule has 0 radical (unpaired) electrons. The predicted molar refractivity (Wildman–Crippen MR) is 55.2 cm³/mol. The first-order valence-corrected chi connectivity index (χ1v) is 7.54. The number of alkyl halides is 8. The summed E-state index contributed by atoms with van der Waals surface area (Å²) in [7, 11) is -6.59. The highest BCUT2D eigenvalue weighted by atomic mass is 32.2. The maximum atomic E-state index is 13.9. The summed E-state index contributed by atoms with van der Waals surface area (Å²) in [6, 6.07) is 0. The van der Waals surface area contributed by atoms with Gasteiger partial charge in [0.25, 0.3) is 0 Å². The summed E-state index contributed by atoms with van der Waals surface area (Å²) < 4.78 is 129. The molecule has 2 rings (SSSR count). The zero-order valence-electron chi connectivity index (χ0n) is 10.6. The van der Waals surface area contributed by atoms with E-state index >= 15 is 0 Å². The molecule has 0 unspecified atom stereocenters. The number of fused-ring (bicyclic) bond motifs is 2. The van der Waals surface area contributed by atoms with Crippen molar-refractivity contribution in [1.82, 2.24) is 0 Å². The Morgan fingerprint density at radius 1 is 0.818 bits per heavy atom. The van der Waals surface area contributed by atoms with Gasteiger partial charge < -0.3 is 0 Å². The topological polar surface area (TPSA) is 43.4 Å². The quantitative estimate of drug-likeness (QED) is 0.438. The molecule has 0 saturated heterocycles. The van der Waals surface area contributed by atoms with Crippen LogP contribution in [0.25, 0.3) is 0 Å². The molecule has 0 aliphatic heterocycles. The summed E-state index contributed by atoms with van der Waals surface area (Å²) in [6.07, 6.45) is -7.21. The number of hydrogen-bond donors (Lipinski definition) is 0. The smallest absolute Gasteiger partial charge is 0.249 e. The van der Waals surface area contributed by atoms with Crippen LogP contribution in [-0.2, 0) is 14.3 Å². The number of hydrogen-bond acceptors (Lipinski definition) is 3. The van der Waals surface area contributed by atoms with Gasteiger partial charge in [-0.15, -0.1) is 0 Å². The second-order valence-electron chi connectivity index (χ2n) is 5.40. The Hall–Kier alpha value is -0.650. The molecule has 2 saturated carbocycles. The summed E-state index contributed by atoms with van der Waals surface area (Å²) in [5.41, 5.74) is -9.80. The van der Waals surface area contributed by atoms with Gasteiger partial charge in [-0.1, -0.05) is 0 Å². The summed E-state index contributed by atoms with van der Waals surface area (Å²) in [5.74, 6) is -8.92. The minimum Gasteiger partial charge on any atom is -0.249 e. The number of rotatable bonds is 3. The van der Waals surface area contributed by atoms with Crippen LogP contribution in [0.4, 0.5) is 35.1 Å². The van der Waals surface area contributed by atoms with Crippen molar-refractivity contribution in [3.63, 3.8) is 0 Å². The third-order valence-corrected chi connectivity index (χ3v) is 5.38. The molecule has 22 heavy (non-hydrogen) atoms. The lowest BCUT2D eigenvalue weighted by Crippen LogP contribution is -2.62. The molecule has 0 aromatic heterocycles. The molecule has 0 atom stereocenters. The first-order valence-electron chi connectivity index (χ1n) is 6.13. The van der Waals surface area contributed by atoms with Gasteiger partial charge in [0.05, 0.1) is 0 Å². The fourth-order valence-corrected chi connectivity index (χ4v) is 4.27. The van der Waals surface area contributed by atoms with E-state index in [-0.39, 0.29) is 25.7 Å². The second kappa shape index (κ2) is 4.68. The van der Waals surface area contributed by atoms with Crippen LogP contribution in [0.3, 0.4) is 0 Å². The van der Waals surface area contributed by atoms with Gasteiger partial charge in [-0.3, -0.25) is 0 Å². The van der Waals surface area contributed by atoms with Gasteiger partial charge in [-0.05, 0) is 37.5 Å². The monoisotopic (exact) mass is 362 g/mol. The first-order chi connectivity index (χ1) is 9.67. The van der Waals surface area contributed by atoms with Crippen molar-refractivity contribution >= 4 is 10.1 Å². The molecule has 0 aromatic carbocycles. The molecule has 2 aliphatic carbocycles. The summed E-state index contributed by atoms with van der Waals surface area (Å²) in [4.78, 5) is 0. The van der Waals surface area contributed by atoms with Gasteiger partial charge in [0.1, 0.15) is 0 Å². The van der Waals surface area contributed by atoms with Crippen LogP contribution in [0.2, 0.25) is 0 Å². The third-order valence-electron chi connectivity index (χ3n) is 4.32. The van der Waals surface area contributed by atoms with E-state index in [9.17, 15) is 43.5 Å². The Bertz CT molecular complexity index is 529. The van der Waals surface area contributed by atoms with E-state index in [1.165, 1.54) is 0 Å². The molecule has 12 heteroatoms. The van der Waals surface area contributed by atoms with Crippen LogP contribution >= 0.6 is 0 Å². The first kappa shape index (κ1) is 17.7. The van der Waals surface area contributed by atoms with Crippen molar-refractivity contribution in [2.24, 2.45) is 11.8 Å². The van der Waals surface area contributed by atoms with Gasteiger partial charge in [0, 0.05) is 0 Å². The zero-order chi connectivity index (χ0) is 17.2. The lowest BCUT2D eigenvalue weighted by atomic mass is 9.84. The van der Waals surface area contributed by atoms with Crippen LogP contribution < -0.4 is 0 Å². The highest BCUT2D eigenvalue weighted by Gasteiger charge is 2.80. The number of halogens is 8. The van der Waals surface area contributed by atoms with Crippen molar-refractivity contribution in [2.75, 3.05) is 0 Å². The van der Waals surface area contributed by atoms with Crippen molar-refractivity contribution < 1.29 is 47.7 Å². The van der Waals surface area contributed by atoms with E-state index in [1.807, 2.05) is 0 Å². The SMILES string of the molecule is O=S(=O)(OC1(C(F)(F)C(F)(F)F)C2CCC1CC2)C(F)(F)F. The predicted octanol–water partition coefficient (Wildman–Crippen LogP) is 3.61. The van der Waals surface area contributed by atoms with E-state index in [4.69, 9.17) is 0 Å². The zero-order valence-corrected chi connectivity index (χ0v) is 11.5. The van der Waals surface area contributed by atoms with Gasteiger partial charge in [0.15, 0.2) is 5.60 Å². The van der Waals surface area contributed by atoms with Crippen LogP contribution in [0, 0.1) is 11.8 Å². The van der Waals surface area contributed by atoms with Gasteiger partial charge in [0.2, 0.25) is 0 Å². The van der Waals surface area contributed by atoms with Gasteiger partial charge >= 0.3 is 27.7 Å². The molecule has 0 spiro atoms. The second-order valence-corrected chi connectivity index (χ2v) is 6.93. The third kappa shape index (κ3) is 2.21. The largest absolute Gasteiger partial charge is 0.523 e. The lowest BCUT2D eigenvalue weighted by Gasteiger charge is -2.40.